The van der Waals surface area contributed by atoms with Gasteiger partial charge in [0.2, 0.25) is 0 Å². The highest BCUT2D eigenvalue weighted by Crippen LogP contribution is 2.27. The molecule has 0 aromatic carbocycles. The lowest BCUT2D eigenvalue weighted by atomic mass is 10.2. The van der Waals surface area contributed by atoms with Crippen LogP contribution in [-0.2, 0) is 4.74 Å². The zero-order valence-corrected chi connectivity index (χ0v) is 8.80. The zero-order chi connectivity index (χ0) is 15.9. The third kappa shape index (κ3) is 2.17. The van der Waals surface area contributed by atoms with Gasteiger partial charge in [-0.15, -0.1) is 0 Å². The van der Waals surface area contributed by atoms with Gasteiger partial charge in [0.1, 0.15) is 17.8 Å². The van der Waals surface area contributed by atoms with Crippen molar-refractivity contribution in [1.29, 1.82) is 5.41 Å². The van der Waals surface area contributed by atoms with Crippen LogP contribution < -0.4 is 11.2 Å². The summed E-state index contributed by atoms with van der Waals surface area (Å²) in [5, 5.41) is 26.2. The van der Waals surface area contributed by atoms with Crippen molar-refractivity contribution >= 4 is 0 Å². The third-order valence-corrected chi connectivity index (χ3v) is 2.61. The average molecular weight is 247 g/mol. The SMILES string of the molecule is [2H]c1c(C([2H])([2H])[2H])c(=N)[15nH]c(=O)[15n]1[C@H]1C[C@@H](O)[C@@H](CO)O1. The van der Waals surface area contributed by atoms with Gasteiger partial charge in [-0.05, 0) is 6.85 Å². The molecule has 1 aromatic rings. The molecule has 1 aromatic heterocycles. The number of nitrogens with one attached hydrogen (secondary N) is 2. The van der Waals surface area contributed by atoms with Gasteiger partial charge in [-0.25, -0.2) is 4.79 Å². The van der Waals surface area contributed by atoms with Gasteiger partial charge in [0.25, 0.3) is 0 Å². The van der Waals surface area contributed by atoms with Crippen molar-refractivity contribution in [2.75, 3.05) is 6.61 Å². The first kappa shape index (κ1) is 7.80. The number of hydrogen-bond donors (Lipinski definition) is 4. The average Bonchev–Trinajstić information content (AvgIpc) is 2.67. The number of aliphatic hydroxyl groups is 2. The van der Waals surface area contributed by atoms with Crippen LogP contribution in [0.1, 0.15) is 23.7 Å². The van der Waals surface area contributed by atoms with E-state index >= 15 is 0 Å². The van der Waals surface area contributed by atoms with Crippen LogP contribution in [-0.4, -0.2) is 38.6 Å². The Bertz CT molecular complexity index is 653. The van der Waals surface area contributed by atoms with E-state index in [0.29, 0.717) is 0 Å². The molecule has 17 heavy (non-hydrogen) atoms. The summed E-state index contributed by atoms with van der Waals surface area (Å²) in [6.07, 6.45) is -3.75. The van der Waals surface area contributed by atoms with E-state index in [1.54, 1.807) is 0 Å². The normalized spacial score (nSPS) is 32.7. The molecule has 0 saturated carbocycles. The first-order valence-corrected chi connectivity index (χ1v) is 5.01. The van der Waals surface area contributed by atoms with Crippen LogP contribution >= 0.6 is 0 Å². The Hall–Kier alpha value is -1.44. The smallest absolute Gasteiger partial charge is 0.329 e. The number of aromatic amines is 1. The number of hydrogen-bond acceptors (Lipinski definition) is 5. The molecule has 1 aliphatic rings. The van der Waals surface area contributed by atoms with Crippen molar-refractivity contribution in [3.05, 3.63) is 27.7 Å². The largest absolute Gasteiger partial charge is 0.394 e. The summed E-state index contributed by atoms with van der Waals surface area (Å²) in [6.45, 7) is -3.21. The topological polar surface area (TPSA) is 111 Å². The summed E-state index contributed by atoms with van der Waals surface area (Å²) in [7, 11) is 0. The van der Waals surface area contributed by atoms with Gasteiger partial charge >= 0.3 is 5.69 Å². The number of aromatic nitrogens is 2. The minimum Gasteiger partial charge on any atom is -0.394 e. The standard InChI is InChI=1S/C10H15N3O4/c1-5-3-13(10(16)12-9(5)11)8-2-6(15)7(4-14)17-8/h3,6-8,14-15H,2,4H2,1H3,(H2,11,12,16)/t6-,7-,8-/m1/s1/i1D3,3D,12+1,13+1. The van der Waals surface area contributed by atoms with Crippen molar-refractivity contribution < 1.29 is 20.4 Å². The monoisotopic (exact) mass is 247 g/mol. The number of aliphatic hydroxyl groups excluding tert-OH is 2. The maximum absolute atomic E-state index is 11.9. The van der Waals surface area contributed by atoms with Crippen LogP contribution in [0.4, 0.5) is 0 Å². The highest BCUT2D eigenvalue weighted by atomic mass is 16.6. The molecule has 0 aliphatic carbocycles. The molecule has 2 rings (SSSR count). The summed E-state index contributed by atoms with van der Waals surface area (Å²) in [6, 6.07) is 0. The summed E-state index contributed by atoms with van der Waals surface area (Å²) in [5.74, 6) is 0. The first-order chi connectivity index (χ1) is 9.66. The van der Waals surface area contributed by atoms with Crippen LogP contribution in [0.2, 0.25) is 0 Å². The highest BCUT2D eigenvalue weighted by molar-refractivity contribution is 5.00. The Morgan fingerprint density at radius 3 is 3.24 bits per heavy atom. The van der Waals surface area contributed by atoms with Crippen molar-refractivity contribution in [1.82, 2.24) is 9.55 Å². The van der Waals surface area contributed by atoms with Crippen molar-refractivity contribution in [2.45, 2.75) is 31.7 Å². The molecule has 0 bridgehead atoms. The van der Waals surface area contributed by atoms with Crippen molar-refractivity contribution in [2.24, 2.45) is 0 Å². The second-order valence-electron chi connectivity index (χ2n) is 3.78. The molecule has 0 spiro atoms. The first-order valence-electron chi connectivity index (χ1n) is 7.01. The van der Waals surface area contributed by atoms with E-state index in [1.165, 1.54) is 0 Å². The minimum absolute atomic E-state index is 0.0668. The van der Waals surface area contributed by atoms with Gasteiger partial charge in [-0.1, -0.05) is 0 Å². The second kappa shape index (κ2) is 4.44. The number of ether oxygens (including phenoxy) is 1. The van der Waals surface area contributed by atoms with E-state index in [2.05, 4.69) is 0 Å². The molecular weight excluding hydrogens is 228 g/mol. The van der Waals surface area contributed by atoms with E-state index < -0.39 is 54.8 Å². The molecule has 7 nitrogen and oxygen atoms in total. The van der Waals surface area contributed by atoms with E-state index in [0.717, 1.165) is 4.57 Å². The molecule has 4 N–H and O–H groups in total. The lowest BCUT2D eigenvalue weighted by Crippen LogP contribution is -2.33. The van der Waals surface area contributed by atoms with Gasteiger partial charge in [0, 0.05) is 22.3 Å². The van der Waals surface area contributed by atoms with Crippen LogP contribution in [0.5, 0.6) is 0 Å². The van der Waals surface area contributed by atoms with Gasteiger partial charge < -0.3 is 14.9 Å². The molecule has 1 aliphatic heterocycles. The lowest BCUT2D eigenvalue weighted by Gasteiger charge is -2.14. The molecule has 94 valence electrons. The minimum atomic E-state index is -2.74. The third-order valence-electron chi connectivity index (χ3n) is 2.61. The maximum atomic E-state index is 11.9. The van der Waals surface area contributed by atoms with Crippen LogP contribution in [0.3, 0.4) is 0 Å². The summed E-state index contributed by atoms with van der Waals surface area (Å²) < 4.78 is 35.9. The molecule has 0 radical (unpaired) electrons. The van der Waals surface area contributed by atoms with Crippen LogP contribution in [0.25, 0.3) is 0 Å². The summed E-state index contributed by atoms with van der Waals surface area (Å²) in [4.78, 5) is 13.9. The van der Waals surface area contributed by atoms with Gasteiger partial charge in [0.05, 0.1) is 14.1 Å². The number of rotatable bonds is 2. The van der Waals surface area contributed by atoms with Crippen molar-refractivity contribution in [3.8, 4) is 0 Å². The van der Waals surface area contributed by atoms with E-state index in [9.17, 15) is 9.90 Å². The number of nitrogens with zero attached hydrogens (tertiary/aromatic N) is 1. The van der Waals surface area contributed by atoms with Crippen molar-refractivity contribution in [3.63, 3.8) is 0 Å². The van der Waals surface area contributed by atoms with E-state index in [-0.39, 0.29) is 6.42 Å². The summed E-state index contributed by atoms with van der Waals surface area (Å²) >= 11 is 0. The Kier molecular flexibility index (Phi) is 2.04. The molecule has 3 atom stereocenters. The molecule has 1 saturated heterocycles. The Morgan fingerprint density at radius 2 is 2.65 bits per heavy atom. The zero-order valence-electron chi connectivity index (χ0n) is 12.8. The fourth-order valence-corrected chi connectivity index (χ4v) is 1.70. The van der Waals surface area contributed by atoms with Gasteiger partial charge in [-0.3, -0.25) is 15.0 Å². The molecule has 0 amide bonds. The molecule has 2 heterocycles. The van der Waals surface area contributed by atoms with E-state index in [4.69, 9.17) is 20.7 Å². The predicted molar refractivity (Wildman–Crippen MR) is 57.3 cm³/mol. The molecule has 1 fully saturated rings. The quantitative estimate of drug-likeness (QED) is 0.515. The highest BCUT2D eigenvalue weighted by Gasteiger charge is 2.34. The molecular formula is C10H15N3O4. The maximum Gasteiger partial charge on any atom is 0.329 e. The van der Waals surface area contributed by atoms with Gasteiger partial charge in [-0.2, -0.15) is 0 Å². The second-order valence-corrected chi connectivity index (χ2v) is 3.78. The predicted octanol–water partition coefficient (Wildman–Crippen LogP) is -1.40. The van der Waals surface area contributed by atoms with Crippen LogP contribution in [0.15, 0.2) is 11.0 Å². The van der Waals surface area contributed by atoms with Gasteiger partial charge in [0.15, 0.2) is 0 Å². The van der Waals surface area contributed by atoms with E-state index in [1.807, 2.05) is 4.98 Å². The Balaban J connectivity index is 2.56. The summed E-state index contributed by atoms with van der Waals surface area (Å²) in [5.41, 5.74) is -2.14. The lowest BCUT2D eigenvalue weighted by molar-refractivity contribution is -0.0459. The fraction of sp³-hybridized carbons (Fsp3) is 0.600. The van der Waals surface area contributed by atoms with Crippen LogP contribution in [0, 0.1) is 12.3 Å². The molecule has 7 heteroatoms. The molecule has 0 unspecified atom stereocenters. The number of H-pyrrole nitrogens is 1. The Labute approximate surface area is 102 Å². The fourth-order valence-electron chi connectivity index (χ4n) is 1.70. The Morgan fingerprint density at radius 1 is 1.88 bits per heavy atom.